The molecule has 1 aromatic rings. The van der Waals surface area contributed by atoms with Crippen molar-refractivity contribution in [3.63, 3.8) is 0 Å². The Balaban J connectivity index is 2.22. The number of hydrogen-bond donors (Lipinski definition) is 0. The maximum absolute atomic E-state index is 12.6. The molecule has 21 heavy (non-hydrogen) atoms. The molecule has 0 bridgehead atoms. The molecule has 1 aliphatic rings. The van der Waals surface area contributed by atoms with Crippen LogP contribution in [-0.2, 0) is 9.84 Å². The number of aryl methyl sites for hydroxylation is 1. The Morgan fingerprint density at radius 1 is 1.14 bits per heavy atom. The molecule has 0 saturated heterocycles. The number of benzene rings is 1. The van der Waals surface area contributed by atoms with Crippen LogP contribution in [0.3, 0.4) is 0 Å². The van der Waals surface area contributed by atoms with Crippen LogP contribution in [0.4, 0.5) is 0 Å². The predicted octanol–water partition coefficient (Wildman–Crippen LogP) is 2.42. The van der Waals surface area contributed by atoms with Gasteiger partial charge in [-0.15, -0.1) is 0 Å². The molecule has 0 N–H and O–H groups in total. The van der Waals surface area contributed by atoms with Gasteiger partial charge in [0.15, 0.2) is 9.84 Å². The summed E-state index contributed by atoms with van der Waals surface area (Å²) in [7, 11) is -1.42. The Kier molecular flexibility index (Phi) is 4.71. The van der Waals surface area contributed by atoms with Gasteiger partial charge in [0.2, 0.25) is 0 Å². The summed E-state index contributed by atoms with van der Waals surface area (Å²) in [5.74, 6) is -0.101. The minimum Gasteiger partial charge on any atom is -0.337 e. The lowest BCUT2D eigenvalue weighted by Gasteiger charge is -2.37. The number of carbonyl (C=O) groups is 1. The zero-order chi connectivity index (χ0) is 15.6. The first-order chi connectivity index (χ1) is 9.80. The zero-order valence-corrected chi connectivity index (χ0v) is 13.7. The molecule has 1 amide bonds. The van der Waals surface area contributed by atoms with Crippen molar-refractivity contribution in [2.24, 2.45) is 0 Å². The molecule has 1 aromatic carbocycles. The summed E-state index contributed by atoms with van der Waals surface area (Å²) in [6.45, 7) is 1.97. The summed E-state index contributed by atoms with van der Waals surface area (Å²) in [6.07, 6.45) is 4.57. The average Bonchev–Trinajstić information content (AvgIpc) is 2.45. The maximum Gasteiger partial charge on any atom is 0.253 e. The Morgan fingerprint density at radius 3 is 2.29 bits per heavy atom. The summed E-state index contributed by atoms with van der Waals surface area (Å²) in [6, 6.07) is 7.17. The normalized spacial score (nSPS) is 22.8. The summed E-state index contributed by atoms with van der Waals surface area (Å²) in [5.41, 5.74) is 1.71. The van der Waals surface area contributed by atoms with E-state index in [1.807, 2.05) is 19.1 Å². The number of rotatable bonds is 3. The average molecular weight is 309 g/mol. The third-order valence-electron chi connectivity index (χ3n) is 4.33. The van der Waals surface area contributed by atoms with E-state index in [9.17, 15) is 13.2 Å². The second-order valence-corrected chi connectivity index (χ2v) is 8.27. The highest BCUT2D eigenvalue weighted by Crippen LogP contribution is 2.28. The first kappa shape index (κ1) is 16.0. The summed E-state index contributed by atoms with van der Waals surface area (Å²) >= 11 is 0. The second-order valence-electron chi connectivity index (χ2n) is 6.00. The molecule has 1 fully saturated rings. The van der Waals surface area contributed by atoms with Gasteiger partial charge in [0.05, 0.1) is 5.25 Å². The number of sulfone groups is 1. The van der Waals surface area contributed by atoms with E-state index in [4.69, 9.17) is 0 Å². The lowest BCUT2D eigenvalue weighted by molar-refractivity contribution is 0.0700. The Labute approximate surface area is 127 Å². The van der Waals surface area contributed by atoms with Gasteiger partial charge in [0.1, 0.15) is 0 Å². The molecule has 2 atom stereocenters. The summed E-state index contributed by atoms with van der Waals surface area (Å²) in [5, 5.41) is -0.439. The van der Waals surface area contributed by atoms with E-state index in [1.165, 1.54) is 6.26 Å². The molecule has 4 nitrogen and oxygen atoms in total. The van der Waals surface area contributed by atoms with Crippen molar-refractivity contribution in [2.75, 3.05) is 13.3 Å². The first-order valence-electron chi connectivity index (χ1n) is 7.33. The van der Waals surface area contributed by atoms with Crippen LogP contribution in [0.5, 0.6) is 0 Å². The van der Waals surface area contributed by atoms with Crippen LogP contribution < -0.4 is 0 Å². The van der Waals surface area contributed by atoms with E-state index in [0.29, 0.717) is 12.0 Å². The van der Waals surface area contributed by atoms with Crippen LogP contribution in [-0.4, -0.2) is 43.8 Å². The molecule has 0 heterocycles. The van der Waals surface area contributed by atoms with Gasteiger partial charge in [-0.2, -0.15) is 0 Å². The van der Waals surface area contributed by atoms with E-state index < -0.39 is 15.1 Å². The van der Waals surface area contributed by atoms with E-state index in [1.54, 1.807) is 24.1 Å². The molecule has 0 aromatic heterocycles. The lowest BCUT2D eigenvalue weighted by Crippen LogP contribution is -2.49. The highest BCUT2D eigenvalue weighted by molar-refractivity contribution is 7.91. The highest BCUT2D eigenvalue weighted by atomic mass is 32.2. The van der Waals surface area contributed by atoms with Crippen LogP contribution >= 0.6 is 0 Å². The first-order valence-corrected chi connectivity index (χ1v) is 9.29. The number of nitrogens with zero attached hydrogens (tertiary/aromatic N) is 1. The fourth-order valence-corrected chi connectivity index (χ4v) is 4.55. The van der Waals surface area contributed by atoms with Crippen molar-refractivity contribution in [2.45, 2.75) is 43.9 Å². The van der Waals surface area contributed by atoms with Crippen molar-refractivity contribution in [1.29, 1.82) is 0 Å². The molecular weight excluding hydrogens is 286 g/mol. The summed E-state index contributed by atoms with van der Waals surface area (Å²) < 4.78 is 23.9. The molecule has 0 aliphatic heterocycles. The Hall–Kier alpha value is -1.36. The standard InChI is InChI=1S/C16H23NO3S/c1-12-8-10-13(11-9-12)16(18)17(2)14-6-4-5-7-15(14)21(3,19)20/h8-11,14-15H,4-7H2,1-3H3. The smallest absolute Gasteiger partial charge is 0.253 e. The third kappa shape index (κ3) is 3.64. The SMILES string of the molecule is Cc1ccc(C(=O)N(C)C2CCCCC2S(C)(=O)=O)cc1. The van der Waals surface area contributed by atoms with Crippen LogP contribution in [0, 0.1) is 6.92 Å². The van der Waals surface area contributed by atoms with E-state index in [2.05, 4.69) is 0 Å². The highest BCUT2D eigenvalue weighted by Gasteiger charge is 2.37. The van der Waals surface area contributed by atoms with Crippen LogP contribution in [0.2, 0.25) is 0 Å². The number of hydrogen-bond acceptors (Lipinski definition) is 3. The van der Waals surface area contributed by atoms with Crippen molar-refractivity contribution in [3.8, 4) is 0 Å². The van der Waals surface area contributed by atoms with Crippen molar-refractivity contribution >= 4 is 15.7 Å². The van der Waals surface area contributed by atoms with E-state index in [-0.39, 0.29) is 11.9 Å². The van der Waals surface area contributed by atoms with Gasteiger partial charge in [-0.1, -0.05) is 30.5 Å². The monoisotopic (exact) mass is 309 g/mol. The summed E-state index contributed by atoms with van der Waals surface area (Å²) in [4.78, 5) is 14.2. The quantitative estimate of drug-likeness (QED) is 0.861. The Morgan fingerprint density at radius 2 is 1.71 bits per heavy atom. The fourth-order valence-electron chi connectivity index (χ4n) is 3.07. The van der Waals surface area contributed by atoms with Gasteiger partial charge >= 0.3 is 0 Å². The van der Waals surface area contributed by atoms with Crippen molar-refractivity contribution in [3.05, 3.63) is 35.4 Å². The topological polar surface area (TPSA) is 54.5 Å². The van der Waals surface area contributed by atoms with Gasteiger partial charge in [-0.05, 0) is 31.9 Å². The predicted molar refractivity (Wildman–Crippen MR) is 84.2 cm³/mol. The molecular formula is C16H23NO3S. The van der Waals surface area contributed by atoms with Gasteiger partial charge < -0.3 is 4.90 Å². The minimum atomic E-state index is -3.14. The molecule has 116 valence electrons. The van der Waals surface area contributed by atoms with Crippen molar-refractivity contribution < 1.29 is 13.2 Å². The molecule has 1 aliphatic carbocycles. The van der Waals surface area contributed by atoms with Gasteiger partial charge in [-0.3, -0.25) is 4.79 Å². The molecule has 0 spiro atoms. The van der Waals surface area contributed by atoms with Crippen LogP contribution in [0.1, 0.15) is 41.6 Å². The molecule has 0 radical (unpaired) electrons. The molecule has 2 rings (SSSR count). The van der Waals surface area contributed by atoms with E-state index in [0.717, 1.165) is 24.8 Å². The minimum absolute atomic E-state index is 0.101. The largest absolute Gasteiger partial charge is 0.337 e. The second kappa shape index (κ2) is 6.18. The fraction of sp³-hybridized carbons (Fsp3) is 0.562. The third-order valence-corrected chi connectivity index (χ3v) is 5.98. The zero-order valence-electron chi connectivity index (χ0n) is 12.9. The lowest BCUT2D eigenvalue weighted by atomic mass is 9.93. The molecule has 5 heteroatoms. The van der Waals surface area contributed by atoms with Crippen molar-refractivity contribution in [1.82, 2.24) is 4.90 Å². The van der Waals surface area contributed by atoms with Gasteiger partial charge in [0, 0.05) is 24.9 Å². The molecule has 1 saturated carbocycles. The molecule has 2 unspecified atom stereocenters. The van der Waals surface area contributed by atoms with Gasteiger partial charge in [0.25, 0.3) is 5.91 Å². The van der Waals surface area contributed by atoms with E-state index >= 15 is 0 Å². The van der Waals surface area contributed by atoms with Crippen LogP contribution in [0.15, 0.2) is 24.3 Å². The maximum atomic E-state index is 12.6. The number of amides is 1. The Bertz CT molecular complexity index is 607. The number of carbonyl (C=O) groups excluding carboxylic acids is 1. The van der Waals surface area contributed by atoms with Gasteiger partial charge in [-0.25, -0.2) is 8.42 Å². The van der Waals surface area contributed by atoms with Crippen LogP contribution in [0.25, 0.3) is 0 Å².